The normalized spacial score (nSPS) is 12.2. The van der Waals surface area contributed by atoms with Crippen molar-refractivity contribution in [3.8, 4) is 0 Å². The number of hydrogen-bond acceptors (Lipinski definition) is 5. The molecule has 0 atom stereocenters. The van der Waals surface area contributed by atoms with Gasteiger partial charge in [0.25, 0.3) is 0 Å². The van der Waals surface area contributed by atoms with Crippen LogP contribution in [0, 0.1) is 0 Å². The van der Waals surface area contributed by atoms with Gasteiger partial charge >= 0.3 is 0 Å². The van der Waals surface area contributed by atoms with Crippen molar-refractivity contribution in [1.82, 2.24) is 9.29 Å². The third-order valence-electron chi connectivity index (χ3n) is 2.96. The Labute approximate surface area is 117 Å². The molecule has 0 bridgehead atoms. The van der Waals surface area contributed by atoms with Gasteiger partial charge in [0, 0.05) is 36.3 Å². The molecule has 0 spiro atoms. The van der Waals surface area contributed by atoms with Gasteiger partial charge in [-0.3, -0.25) is 4.98 Å². The number of benzene rings is 1. The second-order valence-corrected chi connectivity index (χ2v) is 6.11. The molecule has 7 heteroatoms. The summed E-state index contributed by atoms with van der Waals surface area (Å²) in [6.07, 6.45) is 3.13. The molecule has 2 aromatic rings. The molecule has 20 heavy (non-hydrogen) atoms. The summed E-state index contributed by atoms with van der Waals surface area (Å²) in [5, 5.41) is 19.3. The van der Waals surface area contributed by atoms with E-state index in [1.165, 1.54) is 12.3 Å². The Morgan fingerprint density at radius 1 is 1.10 bits per heavy atom. The number of aliphatic hydroxyl groups excluding tert-OH is 2. The molecule has 0 saturated carbocycles. The van der Waals surface area contributed by atoms with Gasteiger partial charge in [-0.15, -0.1) is 0 Å². The quantitative estimate of drug-likeness (QED) is 0.795. The highest BCUT2D eigenvalue weighted by Gasteiger charge is 2.25. The Kier molecular flexibility index (Phi) is 4.66. The Hall–Kier alpha value is -1.54. The van der Waals surface area contributed by atoms with Crippen molar-refractivity contribution in [1.29, 1.82) is 0 Å². The molecule has 0 amide bonds. The van der Waals surface area contributed by atoms with Gasteiger partial charge in [0.15, 0.2) is 0 Å². The van der Waals surface area contributed by atoms with E-state index in [2.05, 4.69) is 4.98 Å². The molecule has 0 unspecified atom stereocenters. The highest BCUT2D eigenvalue weighted by Crippen LogP contribution is 2.24. The SMILES string of the molecule is O=S(=O)(c1cccc2cnccc12)N(CCO)CCO. The number of fused-ring (bicyclic) bond motifs is 1. The van der Waals surface area contributed by atoms with Gasteiger partial charge in [0.05, 0.1) is 18.1 Å². The zero-order valence-corrected chi connectivity index (χ0v) is 11.6. The van der Waals surface area contributed by atoms with E-state index in [0.29, 0.717) is 5.39 Å². The lowest BCUT2D eigenvalue weighted by Gasteiger charge is -2.21. The van der Waals surface area contributed by atoms with Crippen LogP contribution >= 0.6 is 0 Å². The lowest BCUT2D eigenvalue weighted by molar-refractivity contribution is 0.217. The number of rotatable bonds is 6. The van der Waals surface area contributed by atoms with Gasteiger partial charge in [0.2, 0.25) is 10.0 Å². The van der Waals surface area contributed by atoms with Crippen LogP contribution in [-0.2, 0) is 10.0 Å². The van der Waals surface area contributed by atoms with E-state index in [-0.39, 0.29) is 31.2 Å². The van der Waals surface area contributed by atoms with Crippen LogP contribution in [0.5, 0.6) is 0 Å². The van der Waals surface area contributed by atoms with E-state index in [1.807, 2.05) is 0 Å². The van der Waals surface area contributed by atoms with Crippen molar-refractivity contribution in [3.05, 3.63) is 36.7 Å². The highest BCUT2D eigenvalue weighted by atomic mass is 32.2. The second-order valence-electron chi connectivity index (χ2n) is 4.20. The molecule has 0 aliphatic carbocycles. The maximum atomic E-state index is 12.6. The summed E-state index contributed by atoms with van der Waals surface area (Å²) < 4.78 is 26.3. The largest absolute Gasteiger partial charge is 0.395 e. The summed E-state index contributed by atoms with van der Waals surface area (Å²) in [6, 6.07) is 6.58. The molecule has 1 heterocycles. The molecule has 1 aromatic carbocycles. The van der Waals surface area contributed by atoms with E-state index in [1.54, 1.807) is 24.4 Å². The lowest BCUT2D eigenvalue weighted by atomic mass is 10.2. The number of aromatic nitrogens is 1. The molecule has 0 fully saturated rings. The monoisotopic (exact) mass is 296 g/mol. The summed E-state index contributed by atoms with van der Waals surface area (Å²) in [7, 11) is -3.77. The molecule has 0 radical (unpaired) electrons. The van der Waals surface area contributed by atoms with Crippen LogP contribution in [-0.4, -0.2) is 54.2 Å². The van der Waals surface area contributed by atoms with Crippen LogP contribution in [0.4, 0.5) is 0 Å². The average Bonchev–Trinajstić information content (AvgIpc) is 2.46. The van der Waals surface area contributed by atoms with Gasteiger partial charge in [-0.05, 0) is 12.1 Å². The summed E-state index contributed by atoms with van der Waals surface area (Å²) in [6.45, 7) is -0.703. The van der Waals surface area contributed by atoms with Gasteiger partial charge < -0.3 is 10.2 Å². The maximum Gasteiger partial charge on any atom is 0.243 e. The minimum Gasteiger partial charge on any atom is -0.395 e. The first-order valence-corrected chi connectivity index (χ1v) is 7.60. The van der Waals surface area contributed by atoms with Crippen LogP contribution in [0.2, 0.25) is 0 Å². The molecule has 0 saturated heterocycles. The minimum atomic E-state index is -3.77. The Balaban J connectivity index is 2.56. The fraction of sp³-hybridized carbons (Fsp3) is 0.308. The van der Waals surface area contributed by atoms with Crippen LogP contribution in [0.25, 0.3) is 10.8 Å². The summed E-state index contributed by atoms with van der Waals surface area (Å²) in [5.41, 5.74) is 0. The number of aliphatic hydroxyl groups is 2. The van der Waals surface area contributed by atoms with Gasteiger partial charge in [-0.2, -0.15) is 4.31 Å². The van der Waals surface area contributed by atoms with Crippen molar-refractivity contribution in [2.45, 2.75) is 4.90 Å². The Bertz CT molecular complexity index is 676. The summed E-state index contributed by atoms with van der Waals surface area (Å²) in [4.78, 5) is 4.12. The van der Waals surface area contributed by atoms with E-state index in [9.17, 15) is 8.42 Å². The first-order chi connectivity index (χ1) is 9.61. The van der Waals surface area contributed by atoms with Crippen LogP contribution in [0.15, 0.2) is 41.6 Å². The highest BCUT2D eigenvalue weighted by molar-refractivity contribution is 7.89. The summed E-state index contributed by atoms with van der Waals surface area (Å²) in [5.74, 6) is 0. The van der Waals surface area contributed by atoms with Crippen molar-refractivity contribution >= 4 is 20.8 Å². The predicted molar refractivity (Wildman–Crippen MR) is 74.7 cm³/mol. The van der Waals surface area contributed by atoms with Crippen LogP contribution in [0.1, 0.15) is 0 Å². The van der Waals surface area contributed by atoms with E-state index < -0.39 is 10.0 Å². The fourth-order valence-corrected chi connectivity index (χ4v) is 3.67. The average molecular weight is 296 g/mol. The van der Waals surface area contributed by atoms with Crippen molar-refractivity contribution in [3.63, 3.8) is 0 Å². The van der Waals surface area contributed by atoms with Gasteiger partial charge in [-0.25, -0.2) is 8.42 Å². The predicted octanol–water partition coefficient (Wildman–Crippen LogP) is 0.210. The van der Waals surface area contributed by atoms with Crippen molar-refractivity contribution in [2.75, 3.05) is 26.3 Å². The van der Waals surface area contributed by atoms with E-state index in [0.717, 1.165) is 9.69 Å². The van der Waals surface area contributed by atoms with Crippen molar-refractivity contribution in [2.24, 2.45) is 0 Å². The molecule has 108 valence electrons. The Morgan fingerprint density at radius 2 is 1.80 bits per heavy atom. The number of nitrogens with zero attached hydrogens (tertiary/aromatic N) is 2. The number of sulfonamides is 1. The molecule has 2 rings (SSSR count). The maximum absolute atomic E-state index is 12.6. The van der Waals surface area contributed by atoms with Crippen LogP contribution < -0.4 is 0 Å². The van der Waals surface area contributed by atoms with E-state index >= 15 is 0 Å². The first-order valence-electron chi connectivity index (χ1n) is 6.16. The molecule has 1 aromatic heterocycles. The molecule has 0 aliphatic heterocycles. The third kappa shape index (κ3) is 2.80. The van der Waals surface area contributed by atoms with Crippen LogP contribution in [0.3, 0.4) is 0 Å². The fourth-order valence-electron chi connectivity index (χ4n) is 2.03. The zero-order chi connectivity index (χ0) is 14.6. The zero-order valence-electron chi connectivity index (χ0n) is 10.8. The second kappa shape index (κ2) is 6.27. The molecular formula is C13H16N2O4S. The first kappa shape index (κ1) is 14.9. The molecule has 0 aliphatic rings. The Morgan fingerprint density at radius 3 is 2.45 bits per heavy atom. The minimum absolute atomic E-state index is 0.0512. The van der Waals surface area contributed by atoms with Gasteiger partial charge in [0.1, 0.15) is 0 Å². The standard InChI is InChI=1S/C13H16N2O4S/c16-8-6-15(7-9-17)20(18,19)13-3-1-2-11-10-14-5-4-12(11)13/h1-5,10,16-17H,6-9H2. The topological polar surface area (TPSA) is 90.7 Å². The third-order valence-corrected chi connectivity index (χ3v) is 4.91. The van der Waals surface area contributed by atoms with E-state index in [4.69, 9.17) is 10.2 Å². The molecule has 2 N–H and O–H groups in total. The molecule has 6 nitrogen and oxygen atoms in total. The van der Waals surface area contributed by atoms with Crippen molar-refractivity contribution < 1.29 is 18.6 Å². The molecular weight excluding hydrogens is 280 g/mol. The number of pyridine rings is 1. The smallest absolute Gasteiger partial charge is 0.243 e. The van der Waals surface area contributed by atoms with Gasteiger partial charge in [-0.1, -0.05) is 12.1 Å². The summed E-state index contributed by atoms with van der Waals surface area (Å²) >= 11 is 0. The number of hydrogen-bond donors (Lipinski definition) is 2. The lowest BCUT2D eigenvalue weighted by Crippen LogP contribution is -2.35.